The summed E-state index contributed by atoms with van der Waals surface area (Å²) in [4.78, 5) is 10.6. The third-order valence-electron chi connectivity index (χ3n) is 2.04. The van der Waals surface area contributed by atoms with Crippen LogP contribution in [0.4, 0.5) is 11.4 Å². The molecule has 1 atom stereocenters. The average molecular weight is 220 g/mol. The highest BCUT2D eigenvalue weighted by Crippen LogP contribution is 2.21. The normalized spacial score (nSPS) is 11.5. The molecule has 6 nitrogen and oxygen atoms in total. The van der Waals surface area contributed by atoms with Crippen LogP contribution >= 0.6 is 0 Å². The standard InChI is InChI=1S/C10H12N4O2/c11-4-6-2-1-3-7(9(6)12)14-5-8(15)10(13)16/h1-3,8,14-15H,5,12H2,(H2,13,16). The van der Waals surface area contributed by atoms with E-state index in [9.17, 15) is 4.79 Å². The van der Waals surface area contributed by atoms with Crippen LogP contribution in [0.15, 0.2) is 18.2 Å². The van der Waals surface area contributed by atoms with E-state index >= 15 is 0 Å². The van der Waals surface area contributed by atoms with E-state index in [1.54, 1.807) is 18.2 Å². The maximum Gasteiger partial charge on any atom is 0.248 e. The fourth-order valence-corrected chi connectivity index (χ4v) is 1.12. The van der Waals surface area contributed by atoms with E-state index in [2.05, 4.69) is 5.32 Å². The molecule has 0 bridgehead atoms. The number of hydrogen-bond donors (Lipinski definition) is 4. The van der Waals surface area contributed by atoms with Crippen molar-refractivity contribution in [1.82, 2.24) is 0 Å². The number of carbonyl (C=O) groups excluding carboxylic acids is 1. The van der Waals surface area contributed by atoms with Crippen molar-refractivity contribution in [2.75, 3.05) is 17.6 Å². The van der Waals surface area contributed by atoms with E-state index in [0.717, 1.165) is 0 Å². The summed E-state index contributed by atoms with van der Waals surface area (Å²) in [6.07, 6.45) is -1.29. The Bertz CT molecular complexity index is 439. The number of nitrogens with zero attached hydrogens (tertiary/aromatic N) is 1. The number of aliphatic hydroxyl groups is 1. The van der Waals surface area contributed by atoms with E-state index in [0.29, 0.717) is 11.3 Å². The second kappa shape index (κ2) is 5.00. The average Bonchev–Trinajstić information content (AvgIpc) is 2.27. The Morgan fingerprint density at radius 3 is 2.88 bits per heavy atom. The van der Waals surface area contributed by atoms with Gasteiger partial charge < -0.3 is 21.9 Å². The van der Waals surface area contributed by atoms with Crippen molar-refractivity contribution < 1.29 is 9.90 Å². The molecule has 1 unspecified atom stereocenters. The lowest BCUT2D eigenvalue weighted by atomic mass is 10.1. The largest absolute Gasteiger partial charge is 0.396 e. The zero-order chi connectivity index (χ0) is 12.1. The summed E-state index contributed by atoms with van der Waals surface area (Å²) in [6.45, 7) is -0.0472. The Labute approximate surface area is 92.5 Å². The van der Waals surface area contributed by atoms with Crippen molar-refractivity contribution in [2.45, 2.75) is 6.10 Å². The number of aliphatic hydroxyl groups excluding tert-OH is 1. The second-order valence-electron chi connectivity index (χ2n) is 3.18. The van der Waals surface area contributed by atoms with Gasteiger partial charge in [0.1, 0.15) is 12.2 Å². The quantitative estimate of drug-likeness (QED) is 0.504. The molecule has 1 amide bonds. The molecule has 1 aromatic rings. The van der Waals surface area contributed by atoms with Gasteiger partial charge >= 0.3 is 0 Å². The molecule has 0 saturated carbocycles. The van der Waals surface area contributed by atoms with Crippen LogP contribution in [0.5, 0.6) is 0 Å². The van der Waals surface area contributed by atoms with Gasteiger partial charge in [0.2, 0.25) is 5.91 Å². The topological polar surface area (TPSA) is 125 Å². The summed E-state index contributed by atoms with van der Waals surface area (Å²) in [7, 11) is 0. The first-order chi connectivity index (χ1) is 7.56. The molecule has 84 valence electrons. The lowest BCUT2D eigenvalue weighted by Crippen LogP contribution is -2.34. The SMILES string of the molecule is N#Cc1cccc(NCC(O)C(N)=O)c1N. The Hall–Kier alpha value is -2.26. The molecule has 0 aliphatic rings. The number of hydrogen-bond acceptors (Lipinski definition) is 5. The van der Waals surface area contributed by atoms with E-state index in [1.165, 1.54) is 0 Å². The van der Waals surface area contributed by atoms with Crippen molar-refractivity contribution >= 4 is 17.3 Å². The Morgan fingerprint density at radius 1 is 1.62 bits per heavy atom. The number of rotatable bonds is 4. The van der Waals surface area contributed by atoms with Crippen molar-refractivity contribution in [3.05, 3.63) is 23.8 Å². The van der Waals surface area contributed by atoms with Crippen LogP contribution in [-0.2, 0) is 4.79 Å². The number of nitrogens with one attached hydrogen (secondary N) is 1. The molecule has 1 rings (SSSR count). The second-order valence-corrected chi connectivity index (χ2v) is 3.18. The van der Waals surface area contributed by atoms with Gasteiger partial charge in [-0.1, -0.05) is 6.07 Å². The number of para-hydroxylation sites is 1. The molecule has 0 aromatic heterocycles. The third-order valence-corrected chi connectivity index (χ3v) is 2.04. The van der Waals surface area contributed by atoms with Gasteiger partial charge in [-0.3, -0.25) is 4.79 Å². The predicted molar refractivity (Wildman–Crippen MR) is 59.3 cm³/mol. The summed E-state index contributed by atoms with van der Waals surface area (Å²) in [6, 6.07) is 6.79. The molecule has 6 heteroatoms. The highest BCUT2D eigenvalue weighted by Gasteiger charge is 2.11. The van der Waals surface area contributed by atoms with Crippen LogP contribution in [0, 0.1) is 11.3 Å². The van der Waals surface area contributed by atoms with Gasteiger partial charge in [0, 0.05) is 6.54 Å². The molecule has 0 fully saturated rings. The lowest BCUT2D eigenvalue weighted by molar-refractivity contribution is -0.125. The van der Waals surface area contributed by atoms with Gasteiger partial charge in [0.25, 0.3) is 0 Å². The molecule has 0 aliphatic heterocycles. The molecular weight excluding hydrogens is 208 g/mol. The molecule has 1 aromatic carbocycles. The van der Waals surface area contributed by atoms with Gasteiger partial charge in [0.15, 0.2) is 0 Å². The zero-order valence-corrected chi connectivity index (χ0v) is 8.47. The summed E-state index contributed by atoms with van der Waals surface area (Å²) < 4.78 is 0. The Kier molecular flexibility index (Phi) is 3.69. The summed E-state index contributed by atoms with van der Waals surface area (Å²) in [5.74, 6) is -0.817. The number of nitrogens with two attached hydrogens (primary N) is 2. The van der Waals surface area contributed by atoms with E-state index < -0.39 is 12.0 Å². The number of carbonyl (C=O) groups is 1. The predicted octanol–water partition coefficient (Wildman–Crippen LogP) is -0.601. The number of benzene rings is 1. The molecule has 0 saturated heterocycles. The summed E-state index contributed by atoms with van der Waals surface area (Å²) >= 11 is 0. The van der Waals surface area contributed by atoms with Gasteiger partial charge in [-0.2, -0.15) is 5.26 Å². The monoisotopic (exact) mass is 220 g/mol. The molecule has 16 heavy (non-hydrogen) atoms. The van der Waals surface area contributed by atoms with Crippen molar-refractivity contribution in [3.8, 4) is 6.07 Å². The highest BCUT2D eigenvalue weighted by atomic mass is 16.3. The van der Waals surface area contributed by atoms with Gasteiger partial charge in [0.05, 0.1) is 16.9 Å². The minimum Gasteiger partial charge on any atom is -0.396 e. The zero-order valence-electron chi connectivity index (χ0n) is 8.47. The first-order valence-electron chi connectivity index (χ1n) is 4.56. The smallest absolute Gasteiger partial charge is 0.248 e. The fraction of sp³-hybridized carbons (Fsp3) is 0.200. The van der Waals surface area contributed by atoms with Crippen LogP contribution in [0.25, 0.3) is 0 Å². The fourth-order valence-electron chi connectivity index (χ4n) is 1.12. The number of primary amides is 1. The number of amides is 1. The van der Waals surface area contributed by atoms with E-state index in [-0.39, 0.29) is 12.2 Å². The maximum absolute atomic E-state index is 10.6. The Morgan fingerprint density at radius 2 is 2.31 bits per heavy atom. The van der Waals surface area contributed by atoms with E-state index in [1.807, 2.05) is 6.07 Å². The molecular formula is C10H12N4O2. The van der Waals surface area contributed by atoms with Crippen LogP contribution in [0.2, 0.25) is 0 Å². The van der Waals surface area contributed by atoms with Crippen molar-refractivity contribution in [3.63, 3.8) is 0 Å². The number of anilines is 2. The molecule has 0 radical (unpaired) electrons. The van der Waals surface area contributed by atoms with Crippen LogP contribution in [-0.4, -0.2) is 23.7 Å². The van der Waals surface area contributed by atoms with Gasteiger partial charge in [-0.05, 0) is 12.1 Å². The van der Waals surface area contributed by atoms with Crippen LogP contribution in [0.3, 0.4) is 0 Å². The molecule has 0 heterocycles. The molecule has 6 N–H and O–H groups in total. The summed E-state index contributed by atoms with van der Waals surface area (Å²) in [5, 5.41) is 20.6. The van der Waals surface area contributed by atoms with Gasteiger partial charge in [-0.15, -0.1) is 0 Å². The number of nitriles is 1. The lowest BCUT2D eigenvalue weighted by Gasteiger charge is -2.12. The number of nitrogen functional groups attached to an aromatic ring is 1. The highest BCUT2D eigenvalue weighted by molar-refractivity contribution is 5.80. The van der Waals surface area contributed by atoms with Crippen molar-refractivity contribution in [1.29, 1.82) is 5.26 Å². The van der Waals surface area contributed by atoms with Crippen LogP contribution < -0.4 is 16.8 Å². The molecule has 0 spiro atoms. The van der Waals surface area contributed by atoms with Crippen LogP contribution in [0.1, 0.15) is 5.56 Å². The first kappa shape index (κ1) is 11.8. The first-order valence-corrected chi connectivity index (χ1v) is 4.56. The summed E-state index contributed by atoms with van der Waals surface area (Å²) in [5.41, 5.74) is 11.7. The van der Waals surface area contributed by atoms with Crippen molar-refractivity contribution in [2.24, 2.45) is 5.73 Å². The maximum atomic E-state index is 10.6. The minimum atomic E-state index is -1.29. The van der Waals surface area contributed by atoms with E-state index in [4.69, 9.17) is 21.8 Å². The van der Waals surface area contributed by atoms with Gasteiger partial charge in [-0.25, -0.2) is 0 Å². The molecule has 0 aliphatic carbocycles. The Balaban J connectivity index is 2.76. The minimum absolute atomic E-state index is 0.0472. The third kappa shape index (κ3) is 2.62.